The van der Waals surface area contributed by atoms with Crippen molar-refractivity contribution in [1.29, 1.82) is 0 Å². The molecule has 0 aromatic heterocycles. The first kappa shape index (κ1) is 76.8. The van der Waals surface area contributed by atoms with Gasteiger partial charge in [-0.05, 0) is 310 Å². The van der Waals surface area contributed by atoms with Gasteiger partial charge in [-0.1, -0.05) is 186 Å². The van der Waals surface area contributed by atoms with Gasteiger partial charge in [0.05, 0.1) is 6.61 Å². The average Bonchev–Trinajstić information content (AvgIpc) is 3.38. The third-order valence-electron chi connectivity index (χ3n) is 16.0. The largest absolute Gasteiger partial charge is 0.392 e. The van der Waals surface area contributed by atoms with Crippen LogP contribution in [0.4, 0.5) is 0 Å². The highest BCUT2D eigenvalue weighted by Crippen LogP contribution is 2.21. The van der Waals surface area contributed by atoms with Crippen molar-refractivity contribution in [3.63, 3.8) is 0 Å². The molecule has 0 aromatic carbocycles. The van der Waals surface area contributed by atoms with E-state index in [2.05, 4.69) is 209 Å². The van der Waals surface area contributed by atoms with Crippen molar-refractivity contribution in [2.45, 2.75) is 310 Å². The Morgan fingerprint density at radius 2 is 0.259 bits per heavy atom. The van der Waals surface area contributed by atoms with Gasteiger partial charge in [0.25, 0.3) is 0 Å². The van der Waals surface area contributed by atoms with Crippen molar-refractivity contribution in [2.24, 2.45) is 0 Å². The predicted octanol–water partition coefficient (Wildman–Crippen LogP) is 26.8. The lowest BCUT2D eigenvalue weighted by Crippen LogP contribution is -1.84. The molecule has 0 bridgehead atoms. The van der Waals surface area contributed by atoms with E-state index in [0.717, 1.165) is 109 Å². The van der Waals surface area contributed by atoms with Gasteiger partial charge in [0.2, 0.25) is 0 Å². The van der Waals surface area contributed by atoms with Gasteiger partial charge in [0.15, 0.2) is 0 Å². The minimum atomic E-state index is 0.147. The highest BCUT2D eigenvalue weighted by Gasteiger charge is 2.01. The SMILES string of the molecule is CC(C)=CCC/C(C)=C/CC/C(C)=C/CC/C(C)=C\CC/C(C)=C\CC/C(C)=C\CC/C(C)=C\CC/C(C)=C\CC/C(C)=C\CC/C(C)=C\CC/C(C)=C\CC/C(C)=C\CC/C(C)=C\CC/C(C)=C\CC/C(C)=C\CC/C(C)=C\CO. The molecular weight excluding hydrogens is 977 g/mol. The number of hydrogen-bond donors (Lipinski definition) is 1. The molecule has 0 unspecified atom stereocenters. The highest BCUT2D eigenvalue weighted by molar-refractivity contribution is 5.14. The van der Waals surface area contributed by atoms with E-state index in [1.807, 2.05) is 6.08 Å². The topological polar surface area (TPSA) is 20.2 Å². The van der Waals surface area contributed by atoms with Crippen LogP contribution >= 0.6 is 0 Å². The molecule has 0 spiro atoms. The Hall–Kier alpha value is -4.20. The molecule has 1 N–H and O–H groups in total. The summed E-state index contributed by atoms with van der Waals surface area (Å²) in [4.78, 5) is 0. The van der Waals surface area contributed by atoms with Crippen LogP contribution in [0.3, 0.4) is 0 Å². The molecule has 0 aliphatic rings. The van der Waals surface area contributed by atoms with Crippen LogP contribution in [0.1, 0.15) is 310 Å². The Bertz CT molecular complexity index is 2230. The van der Waals surface area contributed by atoms with Crippen molar-refractivity contribution in [1.82, 2.24) is 0 Å². The maximum Gasteiger partial charge on any atom is 0.0614 e. The first-order valence-electron chi connectivity index (χ1n) is 32.8. The number of hydrogen-bond acceptors (Lipinski definition) is 1. The summed E-state index contributed by atoms with van der Waals surface area (Å²) in [5, 5.41) is 9.02. The molecule has 0 aliphatic carbocycles. The van der Waals surface area contributed by atoms with Crippen molar-refractivity contribution in [2.75, 3.05) is 6.61 Å². The summed E-state index contributed by atoms with van der Waals surface area (Å²) in [6, 6.07) is 0. The van der Waals surface area contributed by atoms with E-state index in [0.29, 0.717) is 0 Å². The number of aliphatic hydroxyl groups excluding tert-OH is 1. The second kappa shape index (κ2) is 51.4. The van der Waals surface area contributed by atoms with Gasteiger partial charge in [0, 0.05) is 0 Å². The fraction of sp³-hybridized carbons (Fsp3) is 0.600. The Morgan fingerprint density at radius 3 is 0.358 bits per heavy atom. The lowest BCUT2D eigenvalue weighted by atomic mass is 10.0. The summed E-state index contributed by atoms with van der Waals surface area (Å²) in [7, 11) is 0. The van der Waals surface area contributed by atoms with E-state index < -0.39 is 0 Å². The quantitative estimate of drug-likeness (QED) is 0.0603. The molecular formula is C80H130O. The number of rotatable bonds is 46. The van der Waals surface area contributed by atoms with Gasteiger partial charge >= 0.3 is 0 Å². The first-order valence-corrected chi connectivity index (χ1v) is 32.8. The standard InChI is InChI=1S/C80H130O/c1-65(2)33-18-34-66(3)35-19-36-67(4)37-20-38-68(5)39-21-40-69(6)41-22-42-70(7)43-23-44-71(8)45-24-46-72(9)47-25-48-73(10)49-26-50-74(11)51-27-52-75(12)53-28-54-76(13)55-29-56-77(14)57-30-58-78(15)59-31-60-79(16)61-32-62-80(17)63-64-81/h33,35,37,39,41,43,45,47,49,51,53,55,57,59,61,63,81H,18-32,34,36,38,40,42,44,46,48,50,52,54,56,58,60,62,64H2,1-17H3/b66-35+,67-37+,68-39-,69-41-,70-43-,71-45-,72-47-,73-49-,74-51-,75-53-,76-55-,77-57-,78-59-,79-61-,80-63-. The molecule has 0 amide bonds. The third kappa shape index (κ3) is 52.4. The van der Waals surface area contributed by atoms with E-state index in [1.165, 1.54) is 173 Å². The lowest BCUT2D eigenvalue weighted by molar-refractivity contribution is 0.341. The molecule has 1 heteroatoms. The fourth-order valence-electron chi connectivity index (χ4n) is 9.92. The Kier molecular flexibility index (Phi) is 48.8. The highest BCUT2D eigenvalue weighted by atomic mass is 16.2. The van der Waals surface area contributed by atoms with Gasteiger partial charge in [-0.3, -0.25) is 0 Å². The zero-order valence-electron chi connectivity index (χ0n) is 56.6. The molecule has 0 aromatic rings. The Balaban J connectivity index is 4.33. The predicted molar refractivity (Wildman–Crippen MR) is 371 cm³/mol. The van der Waals surface area contributed by atoms with E-state index in [9.17, 15) is 0 Å². The molecule has 0 radical (unpaired) electrons. The molecule has 0 atom stereocenters. The zero-order chi connectivity index (χ0) is 60.5. The fourth-order valence-corrected chi connectivity index (χ4v) is 9.92. The van der Waals surface area contributed by atoms with Crippen LogP contribution in [0.15, 0.2) is 186 Å². The first-order chi connectivity index (χ1) is 38.7. The van der Waals surface area contributed by atoms with Crippen molar-refractivity contribution in [3.05, 3.63) is 186 Å². The lowest BCUT2D eigenvalue weighted by Gasteiger charge is -2.04. The molecule has 0 heterocycles. The van der Waals surface area contributed by atoms with Gasteiger partial charge in [-0.2, -0.15) is 0 Å². The van der Waals surface area contributed by atoms with Gasteiger partial charge < -0.3 is 5.11 Å². The van der Waals surface area contributed by atoms with Crippen LogP contribution in [0.2, 0.25) is 0 Å². The minimum absolute atomic E-state index is 0.147. The van der Waals surface area contributed by atoms with Crippen molar-refractivity contribution < 1.29 is 5.11 Å². The number of allylic oxidation sites excluding steroid dienone is 31. The monoisotopic (exact) mass is 1110 g/mol. The smallest absolute Gasteiger partial charge is 0.0614 e. The second-order valence-corrected chi connectivity index (χ2v) is 25.3. The maximum atomic E-state index is 9.02. The summed E-state index contributed by atoms with van der Waals surface area (Å²) < 4.78 is 0. The van der Waals surface area contributed by atoms with E-state index in [4.69, 9.17) is 5.11 Å². The molecule has 0 aliphatic heterocycles. The summed E-state index contributed by atoms with van der Waals surface area (Å²) in [6.45, 7) is 38.9. The van der Waals surface area contributed by atoms with Crippen LogP contribution < -0.4 is 0 Å². The van der Waals surface area contributed by atoms with Crippen molar-refractivity contribution in [3.8, 4) is 0 Å². The van der Waals surface area contributed by atoms with Crippen LogP contribution in [-0.2, 0) is 0 Å². The van der Waals surface area contributed by atoms with Crippen molar-refractivity contribution >= 4 is 0 Å². The second-order valence-electron chi connectivity index (χ2n) is 25.3. The maximum absolute atomic E-state index is 9.02. The summed E-state index contributed by atoms with van der Waals surface area (Å²) in [6.07, 6.45) is 73.3. The molecule has 1 nitrogen and oxygen atoms in total. The van der Waals surface area contributed by atoms with Crippen LogP contribution in [0.25, 0.3) is 0 Å². The molecule has 81 heavy (non-hydrogen) atoms. The van der Waals surface area contributed by atoms with Gasteiger partial charge in [-0.25, -0.2) is 0 Å². The van der Waals surface area contributed by atoms with Crippen LogP contribution in [-0.4, -0.2) is 11.7 Å². The Labute approximate surface area is 505 Å². The summed E-state index contributed by atoms with van der Waals surface area (Å²) >= 11 is 0. The van der Waals surface area contributed by atoms with Gasteiger partial charge in [0.1, 0.15) is 0 Å². The van der Waals surface area contributed by atoms with E-state index in [1.54, 1.807) is 0 Å². The summed E-state index contributed by atoms with van der Waals surface area (Å²) in [5.41, 5.74) is 24.0. The molecule has 0 fully saturated rings. The molecule has 0 saturated heterocycles. The molecule has 456 valence electrons. The minimum Gasteiger partial charge on any atom is -0.392 e. The normalized spacial score (nSPS) is 15.2. The average molecular weight is 1110 g/mol. The zero-order valence-corrected chi connectivity index (χ0v) is 56.6. The van der Waals surface area contributed by atoms with Crippen LogP contribution in [0, 0.1) is 0 Å². The van der Waals surface area contributed by atoms with E-state index in [-0.39, 0.29) is 6.61 Å². The third-order valence-corrected chi connectivity index (χ3v) is 16.0. The Morgan fingerprint density at radius 1 is 0.160 bits per heavy atom. The number of aliphatic hydroxyl groups is 1. The summed E-state index contributed by atoms with van der Waals surface area (Å²) in [5.74, 6) is 0. The van der Waals surface area contributed by atoms with Gasteiger partial charge in [-0.15, -0.1) is 0 Å². The molecule has 0 saturated carbocycles. The molecule has 0 rings (SSSR count). The van der Waals surface area contributed by atoms with Crippen LogP contribution in [0.5, 0.6) is 0 Å². The van der Waals surface area contributed by atoms with E-state index >= 15 is 0 Å².